The monoisotopic (exact) mass is 292 g/mol. The first-order chi connectivity index (χ1) is 9.24. The molecule has 0 radical (unpaired) electrons. The number of aryl methyl sites for hydroxylation is 1. The number of carbonyl (C=O) groups is 1. The number of thiophene rings is 1. The van der Waals surface area contributed by atoms with Crippen LogP contribution in [0.3, 0.4) is 0 Å². The zero-order valence-corrected chi connectivity index (χ0v) is 12.5. The molecule has 1 aromatic rings. The Labute approximate surface area is 121 Å². The number of piperidine rings is 1. The summed E-state index contributed by atoms with van der Waals surface area (Å²) in [5, 5.41) is 2.95. The fraction of sp³-hybridized carbons (Fsp3) is 0.429. The second-order valence-electron chi connectivity index (χ2n) is 4.83. The van der Waals surface area contributed by atoms with E-state index in [1.54, 1.807) is 11.3 Å². The summed E-state index contributed by atoms with van der Waals surface area (Å²) in [5.41, 5.74) is 1.22. The van der Waals surface area contributed by atoms with E-state index in [0.717, 1.165) is 28.0 Å². The molecule has 2 aliphatic rings. The van der Waals surface area contributed by atoms with Gasteiger partial charge >= 0.3 is 0 Å². The molecule has 1 fully saturated rings. The van der Waals surface area contributed by atoms with Crippen LogP contribution in [0.25, 0.3) is 6.08 Å². The van der Waals surface area contributed by atoms with E-state index in [9.17, 15) is 4.79 Å². The molecule has 0 aliphatic carbocycles. The van der Waals surface area contributed by atoms with E-state index in [1.807, 2.05) is 6.08 Å². The molecule has 0 atom stereocenters. The van der Waals surface area contributed by atoms with Gasteiger partial charge in [0, 0.05) is 18.0 Å². The van der Waals surface area contributed by atoms with Gasteiger partial charge in [0.15, 0.2) is 5.17 Å². The molecule has 0 bridgehead atoms. The molecular formula is C14H16N2OS2. The van der Waals surface area contributed by atoms with Crippen LogP contribution in [-0.4, -0.2) is 29.1 Å². The summed E-state index contributed by atoms with van der Waals surface area (Å²) < 4.78 is 0. The van der Waals surface area contributed by atoms with Gasteiger partial charge in [0.25, 0.3) is 5.91 Å². The van der Waals surface area contributed by atoms with Gasteiger partial charge in [0.2, 0.25) is 0 Å². The minimum Gasteiger partial charge on any atom is -0.351 e. The second kappa shape index (κ2) is 5.51. The van der Waals surface area contributed by atoms with Crippen LogP contribution in [0.5, 0.6) is 0 Å². The third-order valence-electron chi connectivity index (χ3n) is 3.40. The average Bonchev–Trinajstić information content (AvgIpc) is 2.99. The number of amidine groups is 1. The molecule has 1 saturated heterocycles. The second-order valence-corrected chi connectivity index (χ2v) is 6.78. The first-order valence-corrected chi connectivity index (χ1v) is 8.25. The molecule has 19 heavy (non-hydrogen) atoms. The highest BCUT2D eigenvalue weighted by molar-refractivity contribution is 8.18. The van der Waals surface area contributed by atoms with Gasteiger partial charge in [-0.1, -0.05) is 0 Å². The molecule has 1 amide bonds. The van der Waals surface area contributed by atoms with E-state index in [4.69, 9.17) is 0 Å². The summed E-state index contributed by atoms with van der Waals surface area (Å²) in [7, 11) is 0. The van der Waals surface area contributed by atoms with Crippen molar-refractivity contribution in [2.75, 3.05) is 13.1 Å². The maximum atomic E-state index is 12.0. The number of hydrogen-bond acceptors (Lipinski definition) is 4. The SMILES string of the molecule is Cc1ccsc1/C=C1\SC(N2CCCCC2)=NC1=O. The average molecular weight is 292 g/mol. The largest absolute Gasteiger partial charge is 0.351 e. The highest BCUT2D eigenvalue weighted by Gasteiger charge is 2.27. The third-order valence-corrected chi connectivity index (χ3v) is 5.41. The Morgan fingerprint density at radius 2 is 2.11 bits per heavy atom. The summed E-state index contributed by atoms with van der Waals surface area (Å²) in [5.74, 6) is -0.0848. The highest BCUT2D eigenvalue weighted by Crippen LogP contribution is 2.32. The first-order valence-electron chi connectivity index (χ1n) is 6.55. The first kappa shape index (κ1) is 12.9. The summed E-state index contributed by atoms with van der Waals surface area (Å²) in [6.07, 6.45) is 5.68. The Morgan fingerprint density at radius 1 is 1.32 bits per heavy atom. The zero-order chi connectivity index (χ0) is 13.2. The van der Waals surface area contributed by atoms with Crippen molar-refractivity contribution in [3.05, 3.63) is 26.8 Å². The quantitative estimate of drug-likeness (QED) is 0.743. The Kier molecular flexibility index (Phi) is 3.75. The number of amides is 1. The molecule has 3 rings (SSSR count). The fourth-order valence-corrected chi connectivity index (χ4v) is 4.15. The van der Waals surface area contributed by atoms with Crippen molar-refractivity contribution in [3.8, 4) is 0 Å². The fourth-order valence-electron chi connectivity index (χ4n) is 2.27. The molecule has 0 N–H and O–H groups in total. The number of nitrogens with zero attached hydrogens (tertiary/aromatic N) is 2. The van der Waals surface area contributed by atoms with Crippen LogP contribution in [0.15, 0.2) is 21.3 Å². The maximum Gasteiger partial charge on any atom is 0.286 e. The molecular weight excluding hydrogens is 276 g/mol. The van der Waals surface area contributed by atoms with Crippen LogP contribution in [0.4, 0.5) is 0 Å². The number of carbonyl (C=O) groups excluding carboxylic acids is 1. The van der Waals surface area contributed by atoms with Crippen molar-refractivity contribution in [3.63, 3.8) is 0 Å². The van der Waals surface area contributed by atoms with Gasteiger partial charge in [-0.15, -0.1) is 11.3 Å². The molecule has 2 aliphatic heterocycles. The number of likely N-dealkylation sites (tertiary alicyclic amines) is 1. The number of rotatable bonds is 1. The topological polar surface area (TPSA) is 32.7 Å². The molecule has 0 spiro atoms. The summed E-state index contributed by atoms with van der Waals surface area (Å²) in [4.78, 5) is 20.3. The lowest BCUT2D eigenvalue weighted by Crippen LogP contribution is -2.33. The van der Waals surface area contributed by atoms with Gasteiger partial charge in [-0.2, -0.15) is 4.99 Å². The van der Waals surface area contributed by atoms with E-state index in [0.29, 0.717) is 0 Å². The minimum absolute atomic E-state index is 0.0848. The van der Waals surface area contributed by atoms with Gasteiger partial charge in [-0.05, 0) is 61.0 Å². The van der Waals surface area contributed by atoms with Crippen molar-refractivity contribution in [1.82, 2.24) is 4.90 Å². The molecule has 0 unspecified atom stereocenters. The lowest BCUT2D eigenvalue weighted by atomic mass is 10.1. The van der Waals surface area contributed by atoms with Crippen LogP contribution >= 0.6 is 23.1 Å². The smallest absolute Gasteiger partial charge is 0.286 e. The normalized spacial score (nSPS) is 22.2. The van der Waals surface area contributed by atoms with Gasteiger partial charge in [0.05, 0.1) is 4.91 Å². The van der Waals surface area contributed by atoms with Crippen molar-refractivity contribution in [1.29, 1.82) is 0 Å². The van der Waals surface area contributed by atoms with E-state index in [-0.39, 0.29) is 5.91 Å². The van der Waals surface area contributed by atoms with Crippen molar-refractivity contribution >= 4 is 40.2 Å². The zero-order valence-electron chi connectivity index (χ0n) is 10.9. The van der Waals surface area contributed by atoms with Gasteiger partial charge in [-0.3, -0.25) is 4.79 Å². The Morgan fingerprint density at radius 3 is 2.79 bits per heavy atom. The number of hydrogen-bond donors (Lipinski definition) is 0. The highest BCUT2D eigenvalue weighted by atomic mass is 32.2. The van der Waals surface area contributed by atoms with Crippen molar-refractivity contribution < 1.29 is 4.79 Å². The lowest BCUT2D eigenvalue weighted by Gasteiger charge is -2.27. The Hall–Kier alpha value is -1.07. The summed E-state index contributed by atoms with van der Waals surface area (Å²) in [6, 6.07) is 2.08. The molecule has 0 aromatic carbocycles. The third kappa shape index (κ3) is 2.77. The minimum atomic E-state index is -0.0848. The molecule has 0 saturated carbocycles. The standard InChI is InChI=1S/C14H16N2OS2/c1-10-5-8-18-11(10)9-12-13(17)15-14(19-12)16-6-3-2-4-7-16/h5,8-9H,2-4,6-7H2,1H3/b12-9-. The predicted octanol–water partition coefficient (Wildman–Crippen LogP) is 3.51. The Bertz CT molecular complexity index is 554. The van der Waals surface area contributed by atoms with E-state index in [1.165, 1.54) is 36.6 Å². The van der Waals surface area contributed by atoms with Gasteiger partial charge in [0.1, 0.15) is 0 Å². The number of aliphatic imine (C=N–C) groups is 1. The Balaban J connectivity index is 1.76. The van der Waals surface area contributed by atoms with Crippen molar-refractivity contribution in [2.45, 2.75) is 26.2 Å². The molecule has 100 valence electrons. The molecule has 1 aromatic heterocycles. The summed E-state index contributed by atoms with van der Waals surface area (Å²) in [6.45, 7) is 4.13. The van der Waals surface area contributed by atoms with Crippen LogP contribution in [-0.2, 0) is 4.79 Å². The molecule has 3 heterocycles. The van der Waals surface area contributed by atoms with Crippen LogP contribution < -0.4 is 0 Å². The van der Waals surface area contributed by atoms with Crippen LogP contribution in [0.1, 0.15) is 29.7 Å². The van der Waals surface area contributed by atoms with Crippen LogP contribution in [0, 0.1) is 6.92 Å². The van der Waals surface area contributed by atoms with Gasteiger partial charge < -0.3 is 4.90 Å². The van der Waals surface area contributed by atoms with Crippen LogP contribution in [0.2, 0.25) is 0 Å². The lowest BCUT2D eigenvalue weighted by molar-refractivity contribution is -0.113. The predicted molar refractivity (Wildman–Crippen MR) is 82.5 cm³/mol. The van der Waals surface area contributed by atoms with E-state index in [2.05, 4.69) is 28.3 Å². The van der Waals surface area contributed by atoms with Crippen molar-refractivity contribution in [2.24, 2.45) is 4.99 Å². The maximum absolute atomic E-state index is 12.0. The van der Waals surface area contributed by atoms with Gasteiger partial charge in [-0.25, -0.2) is 0 Å². The van der Waals surface area contributed by atoms with E-state index < -0.39 is 0 Å². The number of thioether (sulfide) groups is 1. The molecule has 3 nitrogen and oxygen atoms in total. The molecule has 5 heteroatoms. The summed E-state index contributed by atoms with van der Waals surface area (Å²) >= 11 is 3.20. The van der Waals surface area contributed by atoms with E-state index >= 15 is 0 Å².